The van der Waals surface area contributed by atoms with Crippen LogP contribution in [0.3, 0.4) is 0 Å². The first-order valence-electron chi connectivity index (χ1n) is 4.32. The van der Waals surface area contributed by atoms with Crippen molar-refractivity contribution >= 4 is 12.0 Å². The van der Waals surface area contributed by atoms with Crippen LogP contribution < -0.4 is 0 Å². The van der Waals surface area contributed by atoms with Crippen LogP contribution in [0.2, 0.25) is 0 Å². The lowest BCUT2D eigenvalue weighted by Gasteiger charge is -2.17. The van der Waals surface area contributed by atoms with Gasteiger partial charge < -0.3 is 4.74 Å². The first-order valence-corrected chi connectivity index (χ1v) is 4.32. The van der Waals surface area contributed by atoms with E-state index < -0.39 is 0 Å². The molecule has 0 unspecified atom stereocenters. The molecule has 1 rings (SSSR count). The van der Waals surface area contributed by atoms with Gasteiger partial charge in [-0.05, 0) is 11.5 Å². The van der Waals surface area contributed by atoms with Crippen LogP contribution in [0, 0.1) is 5.41 Å². The fraction of sp³-hybridized carbons (Fsp3) is 0.600. The van der Waals surface area contributed by atoms with Crippen LogP contribution in [-0.2, 0) is 14.3 Å². The highest BCUT2D eigenvalue weighted by Gasteiger charge is 2.12. The Morgan fingerprint density at radius 3 is 2.43 bits per heavy atom. The van der Waals surface area contributed by atoms with Crippen LogP contribution >= 0.6 is 0 Å². The molecule has 0 aliphatic carbocycles. The summed E-state index contributed by atoms with van der Waals surface area (Å²) in [6.07, 6.45) is 4.17. The third kappa shape index (κ3) is 7.25. The second kappa shape index (κ2) is 6.11. The Morgan fingerprint density at radius 1 is 1.50 bits per heavy atom. The maximum absolute atomic E-state index is 8.12. The van der Waals surface area contributed by atoms with Crippen molar-refractivity contribution in [3.05, 3.63) is 12.2 Å². The van der Waals surface area contributed by atoms with Crippen molar-refractivity contribution < 1.29 is 14.3 Å². The third-order valence-corrected chi connectivity index (χ3v) is 1.27. The molecule has 0 radical (unpaired) electrons. The monoisotopic (exact) mass is 197 g/mol. The molecule has 1 aliphatic rings. The molecule has 0 aromatic rings. The molecule has 14 heavy (non-hydrogen) atoms. The molecule has 0 aromatic carbocycles. The molecule has 0 fully saturated rings. The van der Waals surface area contributed by atoms with E-state index in [0.717, 1.165) is 19.0 Å². The number of nitrogens with zero attached hydrogens (tertiary/aromatic N) is 1. The van der Waals surface area contributed by atoms with E-state index >= 15 is 0 Å². The van der Waals surface area contributed by atoms with Crippen molar-refractivity contribution in [2.45, 2.75) is 20.8 Å². The fourth-order valence-electron chi connectivity index (χ4n) is 0.733. The molecule has 0 aromatic heterocycles. The van der Waals surface area contributed by atoms with Gasteiger partial charge in [-0.25, -0.2) is 4.99 Å². The lowest BCUT2D eigenvalue weighted by atomic mass is 9.99. The van der Waals surface area contributed by atoms with E-state index in [1.165, 1.54) is 0 Å². The Bertz CT molecular complexity index is 255. The van der Waals surface area contributed by atoms with Crippen LogP contribution in [0.15, 0.2) is 17.1 Å². The van der Waals surface area contributed by atoms with E-state index in [4.69, 9.17) is 14.3 Å². The van der Waals surface area contributed by atoms with E-state index in [2.05, 4.69) is 25.8 Å². The molecule has 4 heteroatoms. The fourth-order valence-corrected chi connectivity index (χ4v) is 0.733. The Hall–Kier alpha value is -1.41. The van der Waals surface area contributed by atoms with E-state index in [9.17, 15) is 0 Å². The molecule has 4 nitrogen and oxygen atoms in total. The van der Waals surface area contributed by atoms with E-state index in [1.54, 1.807) is 0 Å². The first-order chi connectivity index (χ1) is 6.49. The Morgan fingerprint density at radius 2 is 2.07 bits per heavy atom. The van der Waals surface area contributed by atoms with Gasteiger partial charge in [0.05, 0.1) is 13.2 Å². The van der Waals surface area contributed by atoms with Gasteiger partial charge in [0.2, 0.25) is 5.90 Å². The van der Waals surface area contributed by atoms with Gasteiger partial charge in [-0.2, -0.15) is 9.59 Å². The minimum Gasteiger partial charge on any atom is -0.477 e. The van der Waals surface area contributed by atoms with Crippen molar-refractivity contribution in [1.29, 1.82) is 0 Å². The van der Waals surface area contributed by atoms with Crippen LogP contribution in [0.5, 0.6) is 0 Å². The predicted molar refractivity (Wildman–Crippen MR) is 51.9 cm³/mol. The number of ether oxygens (including phenoxy) is 1. The normalized spacial score (nSPS) is 13.8. The molecule has 0 N–H and O–H groups in total. The number of carbonyl (C=O) groups excluding carboxylic acids is 2. The van der Waals surface area contributed by atoms with E-state index in [1.807, 2.05) is 12.2 Å². The topological polar surface area (TPSA) is 55.7 Å². The first kappa shape index (κ1) is 12.6. The maximum atomic E-state index is 8.12. The van der Waals surface area contributed by atoms with Gasteiger partial charge >= 0.3 is 6.15 Å². The maximum Gasteiger partial charge on any atom is 0.373 e. The van der Waals surface area contributed by atoms with Gasteiger partial charge in [0.15, 0.2) is 0 Å². The van der Waals surface area contributed by atoms with Gasteiger partial charge in [-0.15, -0.1) is 0 Å². The van der Waals surface area contributed by atoms with Crippen LogP contribution in [-0.4, -0.2) is 25.2 Å². The molecular formula is C10H15NO3. The molecule has 0 amide bonds. The summed E-state index contributed by atoms with van der Waals surface area (Å²) < 4.78 is 5.43. The molecule has 0 spiro atoms. The van der Waals surface area contributed by atoms with Crippen LogP contribution in [0.25, 0.3) is 0 Å². The summed E-state index contributed by atoms with van der Waals surface area (Å²) in [5.74, 6) is 0.778. The zero-order chi connectivity index (χ0) is 11.0. The van der Waals surface area contributed by atoms with Gasteiger partial charge in [0.1, 0.15) is 0 Å². The second-order valence-corrected chi connectivity index (χ2v) is 4.01. The quantitative estimate of drug-likeness (QED) is 0.639. The summed E-state index contributed by atoms with van der Waals surface area (Å²) in [7, 11) is 0. The van der Waals surface area contributed by atoms with Gasteiger partial charge in [-0.3, -0.25) is 0 Å². The average molecular weight is 197 g/mol. The smallest absolute Gasteiger partial charge is 0.373 e. The molecule has 0 atom stereocenters. The summed E-state index contributed by atoms with van der Waals surface area (Å²) in [5, 5.41) is 0. The number of hydrogen-bond donors (Lipinski definition) is 0. The highest BCUT2D eigenvalue weighted by Crippen LogP contribution is 2.13. The predicted octanol–water partition coefficient (Wildman–Crippen LogP) is 1.43. The molecule has 0 saturated heterocycles. The standard InChI is InChI=1S/C9H15NO.CO2/c1-9(2,3)7-11-8-5-4-6-10-8;2-1-3/h4-5H,6-7H2,1-3H3;. The highest BCUT2D eigenvalue weighted by atomic mass is 16.5. The number of rotatable bonds is 1. The zero-order valence-corrected chi connectivity index (χ0v) is 8.74. The Kier molecular flexibility index (Phi) is 5.49. The van der Waals surface area contributed by atoms with Gasteiger partial charge in [0.25, 0.3) is 0 Å². The average Bonchev–Trinajstić information content (AvgIpc) is 2.52. The largest absolute Gasteiger partial charge is 0.477 e. The summed E-state index contributed by atoms with van der Waals surface area (Å²) in [5.41, 5.74) is 0.221. The third-order valence-electron chi connectivity index (χ3n) is 1.27. The van der Waals surface area contributed by atoms with Crippen molar-refractivity contribution in [3.63, 3.8) is 0 Å². The number of aliphatic imine (C=N–C) groups is 1. The van der Waals surface area contributed by atoms with Crippen LogP contribution in [0.4, 0.5) is 0 Å². The molecule has 1 heterocycles. The van der Waals surface area contributed by atoms with Gasteiger partial charge in [-0.1, -0.05) is 26.8 Å². The van der Waals surface area contributed by atoms with E-state index in [-0.39, 0.29) is 11.6 Å². The zero-order valence-electron chi connectivity index (χ0n) is 8.74. The summed E-state index contributed by atoms with van der Waals surface area (Å²) in [6, 6.07) is 0. The van der Waals surface area contributed by atoms with Gasteiger partial charge in [0, 0.05) is 0 Å². The summed E-state index contributed by atoms with van der Waals surface area (Å²) >= 11 is 0. The van der Waals surface area contributed by atoms with E-state index in [0.29, 0.717) is 0 Å². The van der Waals surface area contributed by atoms with Crippen molar-refractivity contribution in [2.24, 2.45) is 10.4 Å². The Labute approximate surface area is 83.7 Å². The lowest BCUT2D eigenvalue weighted by molar-refractivity contribution is -0.191. The lowest BCUT2D eigenvalue weighted by Crippen LogP contribution is -2.16. The van der Waals surface area contributed by atoms with Crippen molar-refractivity contribution in [1.82, 2.24) is 0 Å². The minimum atomic E-state index is 0.221. The highest BCUT2D eigenvalue weighted by molar-refractivity contribution is 5.89. The van der Waals surface area contributed by atoms with Crippen LogP contribution in [0.1, 0.15) is 20.8 Å². The molecule has 1 aliphatic heterocycles. The minimum absolute atomic E-state index is 0.221. The molecule has 78 valence electrons. The molecular weight excluding hydrogens is 182 g/mol. The summed E-state index contributed by atoms with van der Waals surface area (Å²) in [6.45, 7) is 7.94. The Balaban J connectivity index is 0.000000500. The second-order valence-electron chi connectivity index (χ2n) is 4.01. The SMILES string of the molecule is CC(C)(C)COC1=NCC=C1.O=C=O. The van der Waals surface area contributed by atoms with Crippen molar-refractivity contribution in [2.75, 3.05) is 13.2 Å². The number of hydrogen-bond acceptors (Lipinski definition) is 4. The molecule has 0 saturated carbocycles. The summed E-state index contributed by atoms with van der Waals surface area (Å²) in [4.78, 5) is 20.4. The molecule has 0 bridgehead atoms. The van der Waals surface area contributed by atoms with Crippen molar-refractivity contribution in [3.8, 4) is 0 Å².